The summed E-state index contributed by atoms with van der Waals surface area (Å²) in [6.07, 6.45) is 6.32. The molecule has 1 unspecified atom stereocenters. The quantitative estimate of drug-likeness (QED) is 0.914. The van der Waals surface area contributed by atoms with Crippen LogP contribution in [0.1, 0.15) is 36.0 Å². The molecule has 1 aromatic heterocycles. The molecule has 0 radical (unpaired) electrons. The molecule has 2 aliphatic rings. The summed E-state index contributed by atoms with van der Waals surface area (Å²) in [5.41, 5.74) is 1.68. The molecule has 2 fully saturated rings. The van der Waals surface area contributed by atoms with Crippen LogP contribution >= 0.6 is 0 Å². The minimum absolute atomic E-state index is 0.120. The molecule has 0 spiro atoms. The van der Waals surface area contributed by atoms with Crippen LogP contribution in [0.3, 0.4) is 0 Å². The first kappa shape index (κ1) is 13.5. The van der Waals surface area contributed by atoms with Gasteiger partial charge in [0.1, 0.15) is 5.82 Å². The summed E-state index contributed by atoms with van der Waals surface area (Å²) in [6, 6.07) is 6.46. The molecule has 4 nitrogen and oxygen atoms in total. The Hall–Kier alpha value is -2.17. The zero-order valence-electron chi connectivity index (χ0n) is 12.2. The molecule has 2 saturated carbocycles. The van der Waals surface area contributed by atoms with Gasteiger partial charge in [-0.25, -0.2) is 4.39 Å². The van der Waals surface area contributed by atoms with Crippen LogP contribution in [0.2, 0.25) is 0 Å². The number of halogens is 1. The van der Waals surface area contributed by atoms with Crippen molar-refractivity contribution in [3.8, 4) is 11.3 Å². The molecule has 0 aliphatic heterocycles. The Morgan fingerprint density at radius 3 is 2.86 bits per heavy atom. The smallest absolute Gasteiger partial charge is 0.255 e. The van der Waals surface area contributed by atoms with Gasteiger partial charge < -0.3 is 5.32 Å². The summed E-state index contributed by atoms with van der Waals surface area (Å²) in [4.78, 5) is 12.6. The molecule has 114 valence electrons. The van der Waals surface area contributed by atoms with E-state index in [1.54, 1.807) is 12.1 Å². The van der Waals surface area contributed by atoms with Gasteiger partial charge in [-0.3, -0.25) is 9.89 Å². The van der Waals surface area contributed by atoms with Crippen molar-refractivity contribution in [2.75, 3.05) is 0 Å². The molecule has 2 aliphatic carbocycles. The summed E-state index contributed by atoms with van der Waals surface area (Å²) in [5, 5.41) is 9.92. The number of H-pyrrole nitrogens is 1. The Bertz CT molecular complexity index is 711. The third kappa shape index (κ3) is 2.21. The largest absolute Gasteiger partial charge is 0.349 e. The topological polar surface area (TPSA) is 57.8 Å². The number of carbonyl (C=O) groups is 1. The van der Waals surface area contributed by atoms with E-state index in [1.165, 1.54) is 37.6 Å². The van der Waals surface area contributed by atoms with Crippen LogP contribution in [0.25, 0.3) is 11.3 Å². The molecule has 0 bridgehead atoms. The third-order valence-corrected chi connectivity index (χ3v) is 5.16. The van der Waals surface area contributed by atoms with Gasteiger partial charge in [-0.1, -0.05) is 12.1 Å². The zero-order chi connectivity index (χ0) is 15.1. The van der Waals surface area contributed by atoms with E-state index in [1.807, 2.05) is 0 Å². The fourth-order valence-corrected chi connectivity index (χ4v) is 3.84. The normalized spacial score (nSPS) is 26.3. The van der Waals surface area contributed by atoms with E-state index >= 15 is 0 Å². The van der Waals surface area contributed by atoms with E-state index < -0.39 is 0 Å². The lowest BCUT2D eigenvalue weighted by molar-refractivity contribution is 0.0902. The van der Waals surface area contributed by atoms with E-state index in [9.17, 15) is 9.18 Å². The Labute approximate surface area is 128 Å². The van der Waals surface area contributed by atoms with Crippen LogP contribution in [0.4, 0.5) is 4.39 Å². The maximum absolute atomic E-state index is 13.4. The van der Waals surface area contributed by atoms with E-state index in [0.717, 1.165) is 12.3 Å². The van der Waals surface area contributed by atoms with Crippen molar-refractivity contribution in [3.05, 3.63) is 41.8 Å². The van der Waals surface area contributed by atoms with Crippen molar-refractivity contribution in [1.29, 1.82) is 0 Å². The van der Waals surface area contributed by atoms with E-state index in [0.29, 0.717) is 22.7 Å². The summed E-state index contributed by atoms with van der Waals surface area (Å²) >= 11 is 0. The van der Waals surface area contributed by atoms with E-state index in [-0.39, 0.29) is 17.8 Å². The van der Waals surface area contributed by atoms with Gasteiger partial charge in [0.25, 0.3) is 5.91 Å². The minimum atomic E-state index is -0.327. The standard InChI is InChI=1S/C17H18FN3O/c18-12-3-1-2-11(8-12)16-14(9-19-21-16)17(22)20-15-7-5-10-4-6-13(10)15/h1-3,8-10,13,15H,4-7H2,(H,19,21)(H,20,22)/t10-,13-,15?/m0/s1. The van der Waals surface area contributed by atoms with E-state index in [2.05, 4.69) is 15.5 Å². The first-order valence-electron chi connectivity index (χ1n) is 7.82. The number of aromatic amines is 1. The SMILES string of the molecule is O=C(NC1CC[C@@H]2CC[C@H]12)c1cn[nH]c1-c1cccc(F)c1. The Morgan fingerprint density at radius 1 is 1.27 bits per heavy atom. The molecule has 5 heteroatoms. The highest BCUT2D eigenvalue weighted by molar-refractivity contribution is 5.99. The number of nitrogens with zero attached hydrogens (tertiary/aromatic N) is 1. The third-order valence-electron chi connectivity index (χ3n) is 5.16. The van der Waals surface area contributed by atoms with E-state index in [4.69, 9.17) is 0 Å². The van der Waals surface area contributed by atoms with Gasteiger partial charge in [0, 0.05) is 11.6 Å². The molecule has 1 heterocycles. The van der Waals surface area contributed by atoms with Gasteiger partial charge in [0.05, 0.1) is 17.5 Å². The lowest BCUT2D eigenvalue weighted by atomic mass is 9.75. The summed E-state index contributed by atoms with van der Waals surface area (Å²) < 4.78 is 13.4. The fourth-order valence-electron chi connectivity index (χ4n) is 3.84. The maximum Gasteiger partial charge on any atom is 0.255 e. The lowest BCUT2D eigenvalue weighted by Gasteiger charge is -2.34. The van der Waals surface area contributed by atoms with Crippen molar-refractivity contribution in [1.82, 2.24) is 15.5 Å². The van der Waals surface area contributed by atoms with Gasteiger partial charge >= 0.3 is 0 Å². The second-order valence-electron chi connectivity index (χ2n) is 6.33. The number of aromatic nitrogens is 2. The van der Waals surface area contributed by atoms with Gasteiger partial charge in [-0.2, -0.15) is 5.10 Å². The molecular formula is C17H18FN3O. The molecule has 2 N–H and O–H groups in total. The molecule has 1 aromatic carbocycles. The molecule has 3 atom stereocenters. The average molecular weight is 299 g/mol. The van der Waals surface area contributed by atoms with Crippen LogP contribution in [-0.4, -0.2) is 22.1 Å². The maximum atomic E-state index is 13.4. The van der Waals surface area contributed by atoms with Crippen molar-refractivity contribution in [2.45, 2.75) is 31.7 Å². The monoisotopic (exact) mass is 299 g/mol. The molecule has 2 aromatic rings. The number of hydrogen-bond donors (Lipinski definition) is 2. The Kier molecular flexibility index (Phi) is 3.21. The lowest BCUT2D eigenvalue weighted by Crippen LogP contribution is -2.41. The van der Waals surface area contributed by atoms with Gasteiger partial charge in [0.2, 0.25) is 0 Å². The number of hydrogen-bond acceptors (Lipinski definition) is 2. The number of amides is 1. The predicted molar refractivity (Wildman–Crippen MR) is 80.7 cm³/mol. The predicted octanol–water partition coefficient (Wildman–Crippen LogP) is 3.13. The number of carbonyl (C=O) groups excluding carboxylic acids is 1. The van der Waals surface area contributed by atoms with Gasteiger partial charge in [-0.05, 0) is 49.7 Å². The molecule has 22 heavy (non-hydrogen) atoms. The minimum Gasteiger partial charge on any atom is -0.349 e. The highest BCUT2D eigenvalue weighted by Crippen LogP contribution is 2.46. The Morgan fingerprint density at radius 2 is 2.14 bits per heavy atom. The first-order valence-corrected chi connectivity index (χ1v) is 7.82. The molecule has 1 amide bonds. The van der Waals surface area contributed by atoms with Crippen molar-refractivity contribution in [2.24, 2.45) is 11.8 Å². The second-order valence-corrected chi connectivity index (χ2v) is 6.33. The summed E-state index contributed by atoms with van der Waals surface area (Å²) in [7, 11) is 0. The number of fused-ring (bicyclic) bond motifs is 1. The number of rotatable bonds is 3. The van der Waals surface area contributed by atoms with Crippen LogP contribution in [0, 0.1) is 17.7 Å². The fraction of sp³-hybridized carbons (Fsp3) is 0.412. The summed E-state index contributed by atoms with van der Waals surface area (Å²) in [5.74, 6) is 1.00. The van der Waals surface area contributed by atoms with Crippen molar-refractivity contribution in [3.63, 3.8) is 0 Å². The van der Waals surface area contributed by atoms with Crippen LogP contribution in [0.5, 0.6) is 0 Å². The molecular weight excluding hydrogens is 281 g/mol. The first-order chi connectivity index (χ1) is 10.7. The van der Waals surface area contributed by atoms with Crippen molar-refractivity contribution >= 4 is 5.91 Å². The summed E-state index contributed by atoms with van der Waals surface area (Å²) in [6.45, 7) is 0. The highest BCUT2D eigenvalue weighted by Gasteiger charge is 2.42. The molecule has 4 rings (SSSR count). The number of benzene rings is 1. The van der Waals surface area contributed by atoms with Crippen molar-refractivity contribution < 1.29 is 9.18 Å². The van der Waals surface area contributed by atoms with Crippen LogP contribution < -0.4 is 5.32 Å². The Balaban J connectivity index is 1.55. The second kappa shape index (κ2) is 5.23. The van der Waals surface area contributed by atoms with Crippen LogP contribution in [-0.2, 0) is 0 Å². The van der Waals surface area contributed by atoms with Gasteiger partial charge in [-0.15, -0.1) is 0 Å². The van der Waals surface area contributed by atoms with Gasteiger partial charge in [0.15, 0.2) is 0 Å². The average Bonchev–Trinajstić information content (AvgIpc) is 3.04. The van der Waals surface area contributed by atoms with Crippen LogP contribution in [0.15, 0.2) is 30.5 Å². The molecule has 0 saturated heterocycles. The highest BCUT2D eigenvalue weighted by atomic mass is 19.1. The number of nitrogens with one attached hydrogen (secondary N) is 2. The zero-order valence-corrected chi connectivity index (χ0v) is 12.2.